The largest absolute Gasteiger partial charge is 0.341 e. The molecule has 0 aromatic heterocycles. The lowest BCUT2D eigenvalue weighted by atomic mass is 9.96. The minimum absolute atomic E-state index is 0. The van der Waals surface area contributed by atoms with Crippen LogP contribution in [0.25, 0.3) is 0 Å². The summed E-state index contributed by atoms with van der Waals surface area (Å²) in [5.41, 5.74) is 1.00. The number of carbonyl (C=O) groups is 1. The summed E-state index contributed by atoms with van der Waals surface area (Å²) >= 11 is 6.11. The summed E-state index contributed by atoms with van der Waals surface area (Å²) in [5.74, 6) is 0.398. The van der Waals surface area contributed by atoms with Crippen LogP contribution in [0.15, 0.2) is 24.3 Å². The topological polar surface area (TPSA) is 32.3 Å². The van der Waals surface area contributed by atoms with Gasteiger partial charge in [-0.25, -0.2) is 0 Å². The summed E-state index contributed by atoms with van der Waals surface area (Å²) in [4.78, 5) is 14.1. The number of hydrogen-bond acceptors (Lipinski definition) is 2. The zero-order chi connectivity index (χ0) is 13.0. The zero-order valence-corrected chi connectivity index (χ0v) is 12.6. The molecule has 0 bridgehead atoms. The highest BCUT2D eigenvalue weighted by molar-refractivity contribution is 6.31. The van der Waals surface area contributed by atoms with Gasteiger partial charge in [-0.05, 0) is 37.6 Å². The van der Waals surface area contributed by atoms with Crippen LogP contribution in [-0.2, 0) is 11.3 Å². The molecule has 1 heterocycles. The predicted molar refractivity (Wildman–Crippen MR) is 80.8 cm³/mol. The van der Waals surface area contributed by atoms with Gasteiger partial charge >= 0.3 is 0 Å². The molecule has 1 aliphatic rings. The quantitative estimate of drug-likeness (QED) is 0.931. The third-order valence-electron chi connectivity index (χ3n) is 3.43. The van der Waals surface area contributed by atoms with Crippen LogP contribution in [0.1, 0.15) is 18.4 Å². The van der Waals surface area contributed by atoms with E-state index in [4.69, 9.17) is 11.6 Å². The normalized spacial score (nSPS) is 15.7. The summed E-state index contributed by atoms with van der Waals surface area (Å²) in [7, 11) is 1.85. The predicted octanol–water partition coefficient (Wildman–Crippen LogP) is 2.72. The second-order valence-corrected chi connectivity index (χ2v) is 5.22. The van der Waals surface area contributed by atoms with Crippen molar-refractivity contribution < 1.29 is 4.79 Å². The van der Waals surface area contributed by atoms with E-state index in [0.717, 1.165) is 36.5 Å². The highest BCUT2D eigenvalue weighted by Gasteiger charge is 2.24. The summed E-state index contributed by atoms with van der Waals surface area (Å²) in [6, 6.07) is 7.68. The molecule has 0 radical (unpaired) electrons. The Labute approximate surface area is 125 Å². The van der Waals surface area contributed by atoms with Crippen molar-refractivity contribution in [2.24, 2.45) is 5.92 Å². The molecule has 1 N–H and O–H groups in total. The van der Waals surface area contributed by atoms with Crippen LogP contribution in [0.4, 0.5) is 0 Å². The monoisotopic (exact) mass is 302 g/mol. The van der Waals surface area contributed by atoms with Crippen LogP contribution in [0.2, 0.25) is 5.02 Å². The van der Waals surface area contributed by atoms with Gasteiger partial charge in [0.2, 0.25) is 5.91 Å². The van der Waals surface area contributed by atoms with E-state index in [0.29, 0.717) is 6.54 Å². The van der Waals surface area contributed by atoms with E-state index in [1.165, 1.54) is 0 Å². The summed E-state index contributed by atoms with van der Waals surface area (Å²) < 4.78 is 0. The Kier molecular flexibility index (Phi) is 6.63. The molecule has 0 unspecified atom stereocenters. The number of amides is 1. The van der Waals surface area contributed by atoms with E-state index in [9.17, 15) is 4.79 Å². The van der Waals surface area contributed by atoms with Crippen LogP contribution in [0.5, 0.6) is 0 Å². The number of rotatable bonds is 3. The smallest absolute Gasteiger partial charge is 0.225 e. The second-order valence-electron chi connectivity index (χ2n) is 4.81. The van der Waals surface area contributed by atoms with E-state index in [1.807, 2.05) is 31.3 Å². The molecule has 106 valence electrons. The van der Waals surface area contributed by atoms with Crippen LogP contribution in [-0.4, -0.2) is 30.9 Å². The number of benzene rings is 1. The van der Waals surface area contributed by atoms with Gasteiger partial charge in [-0.1, -0.05) is 29.8 Å². The molecule has 2 rings (SSSR count). The highest BCUT2D eigenvalue weighted by atomic mass is 35.5. The van der Waals surface area contributed by atoms with Gasteiger partial charge in [-0.15, -0.1) is 12.4 Å². The Morgan fingerprint density at radius 1 is 1.37 bits per heavy atom. The minimum Gasteiger partial charge on any atom is -0.341 e. The Balaban J connectivity index is 0.00000180. The third kappa shape index (κ3) is 4.37. The molecular formula is C14H20Cl2N2O. The van der Waals surface area contributed by atoms with Crippen molar-refractivity contribution >= 4 is 29.9 Å². The number of piperidine rings is 1. The molecule has 0 saturated carbocycles. The fourth-order valence-corrected chi connectivity index (χ4v) is 2.54. The molecule has 0 atom stereocenters. The van der Waals surface area contributed by atoms with E-state index >= 15 is 0 Å². The number of nitrogens with zero attached hydrogens (tertiary/aromatic N) is 1. The summed E-state index contributed by atoms with van der Waals surface area (Å²) in [5, 5.41) is 4.00. The van der Waals surface area contributed by atoms with Gasteiger partial charge in [0.15, 0.2) is 0 Å². The Morgan fingerprint density at radius 2 is 2.00 bits per heavy atom. The highest BCUT2D eigenvalue weighted by Crippen LogP contribution is 2.19. The molecule has 1 aliphatic heterocycles. The molecule has 1 amide bonds. The lowest BCUT2D eigenvalue weighted by molar-refractivity contribution is -0.135. The lowest BCUT2D eigenvalue weighted by Gasteiger charge is -2.27. The summed E-state index contributed by atoms with van der Waals surface area (Å²) in [6.45, 7) is 2.47. The SMILES string of the molecule is CN(Cc1ccccc1Cl)C(=O)C1CCNCC1.Cl. The number of nitrogens with one attached hydrogen (secondary N) is 1. The fourth-order valence-electron chi connectivity index (χ4n) is 2.34. The molecule has 1 fully saturated rings. The molecule has 5 heteroatoms. The third-order valence-corrected chi connectivity index (χ3v) is 3.80. The first-order valence-corrected chi connectivity index (χ1v) is 6.75. The van der Waals surface area contributed by atoms with Gasteiger partial charge in [-0.3, -0.25) is 4.79 Å². The maximum absolute atomic E-state index is 12.3. The van der Waals surface area contributed by atoms with Crippen molar-refractivity contribution in [1.29, 1.82) is 0 Å². The summed E-state index contributed by atoms with van der Waals surface area (Å²) in [6.07, 6.45) is 1.87. The van der Waals surface area contributed by atoms with E-state index in [1.54, 1.807) is 4.90 Å². The fraction of sp³-hybridized carbons (Fsp3) is 0.500. The van der Waals surface area contributed by atoms with Crippen molar-refractivity contribution in [1.82, 2.24) is 10.2 Å². The zero-order valence-electron chi connectivity index (χ0n) is 11.1. The Hall–Kier alpha value is -0.770. The molecular weight excluding hydrogens is 283 g/mol. The van der Waals surface area contributed by atoms with Crippen LogP contribution < -0.4 is 5.32 Å². The Morgan fingerprint density at radius 3 is 2.63 bits per heavy atom. The van der Waals surface area contributed by atoms with Crippen molar-refractivity contribution in [2.45, 2.75) is 19.4 Å². The van der Waals surface area contributed by atoms with Crippen molar-refractivity contribution in [3.8, 4) is 0 Å². The van der Waals surface area contributed by atoms with E-state index in [-0.39, 0.29) is 24.2 Å². The van der Waals surface area contributed by atoms with E-state index < -0.39 is 0 Å². The second kappa shape index (κ2) is 7.73. The first kappa shape index (κ1) is 16.3. The number of halogens is 2. The number of carbonyl (C=O) groups excluding carboxylic acids is 1. The van der Waals surface area contributed by atoms with Crippen molar-refractivity contribution in [3.63, 3.8) is 0 Å². The molecule has 1 aromatic carbocycles. The molecule has 0 spiro atoms. The van der Waals surface area contributed by atoms with Crippen molar-refractivity contribution in [3.05, 3.63) is 34.9 Å². The molecule has 19 heavy (non-hydrogen) atoms. The molecule has 1 saturated heterocycles. The van der Waals surface area contributed by atoms with Gasteiger partial charge in [0.25, 0.3) is 0 Å². The average Bonchev–Trinajstić information content (AvgIpc) is 2.41. The lowest BCUT2D eigenvalue weighted by Crippen LogP contribution is -2.38. The van der Waals surface area contributed by atoms with Gasteiger partial charge in [-0.2, -0.15) is 0 Å². The first-order valence-electron chi connectivity index (χ1n) is 6.37. The first-order chi connectivity index (χ1) is 8.68. The van der Waals surface area contributed by atoms with E-state index in [2.05, 4.69) is 5.32 Å². The van der Waals surface area contributed by atoms with Crippen molar-refractivity contribution in [2.75, 3.05) is 20.1 Å². The molecule has 0 aliphatic carbocycles. The number of hydrogen-bond donors (Lipinski definition) is 1. The standard InChI is InChI=1S/C14H19ClN2O.ClH/c1-17(10-12-4-2-3-5-13(12)15)14(18)11-6-8-16-9-7-11;/h2-5,11,16H,6-10H2,1H3;1H. The van der Waals surface area contributed by atoms with Crippen LogP contribution in [0, 0.1) is 5.92 Å². The maximum Gasteiger partial charge on any atom is 0.225 e. The van der Waals surface area contributed by atoms with Gasteiger partial charge in [0.1, 0.15) is 0 Å². The molecule has 1 aromatic rings. The molecule has 3 nitrogen and oxygen atoms in total. The maximum atomic E-state index is 12.3. The van der Waals surface area contributed by atoms with Gasteiger partial charge < -0.3 is 10.2 Å². The Bertz CT molecular complexity index is 420. The van der Waals surface area contributed by atoms with Crippen LogP contribution in [0.3, 0.4) is 0 Å². The van der Waals surface area contributed by atoms with Gasteiger partial charge in [0.05, 0.1) is 0 Å². The van der Waals surface area contributed by atoms with Gasteiger partial charge in [0, 0.05) is 24.5 Å². The minimum atomic E-state index is 0. The van der Waals surface area contributed by atoms with Crippen LogP contribution >= 0.6 is 24.0 Å². The average molecular weight is 303 g/mol.